The van der Waals surface area contributed by atoms with Crippen LogP contribution in [0.1, 0.15) is 30.6 Å². The number of amides is 1. The molecular weight excluding hydrogens is 230 g/mol. The van der Waals surface area contributed by atoms with E-state index in [0.29, 0.717) is 24.4 Å². The first-order valence-corrected chi connectivity index (χ1v) is 6.10. The minimum Gasteiger partial charge on any atom is -0.494 e. The lowest BCUT2D eigenvalue weighted by atomic mass is 10.1. The van der Waals surface area contributed by atoms with Crippen molar-refractivity contribution in [2.45, 2.75) is 26.3 Å². The molecule has 0 aliphatic rings. The van der Waals surface area contributed by atoms with Gasteiger partial charge in [-0.25, -0.2) is 0 Å². The number of hydrogen-bond donors (Lipinski definition) is 1. The van der Waals surface area contributed by atoms with Crippen molar-refractivity contribution in [3.8, 4) is 5.75 Å². The summed E-state index contributed by atoms with van der Waals surface area (Å²) in [5, 5.41) is 0. The van der Waals surface area contributed by atoms with Gasteiger partial charge < -0.3 is 15.4 Å². The van der Waals surface area contributed by atoms with E-state index in [1.807, 2.05) is 13.8 Å². The highest BCUT2D eigenvalue weighted by Gasteiger charge is 2.21. The van der Waals surface area contributed by atoms with Crippen LogP contribution in [-0.2, 0) is 0 Å². The van der Waals surface area contributed by atoms with Crippen LogP contribution in [0.5, 0.6) is 5.75 Å². The summed E-state index contributed by atoms with van der Waals surface area (Å²) in [7, 11) is 1.54. The summed E-state index contributed by atoms with van der Waals surface area (Å²) in [5.41, 5.74) is 6.04. The monoisotopic (exact) mass is 251 g/mol. The molecule has 1 aromatic rings. The summed E-state index contributed by atoms with van der Waals surface area (Å²) in [6.07, 6.45) is 3.93. The third kappa shape index (κ3) is 3.43. The average Bonchev–Trinajstić information content (AvgIpc) is 2.38. The minimum absolute atomic E-state index is 0.0438. The van der Waals surface area contributed by atoms with Gasteiger partial charge in [-0.3, -0.25) is 9.78 Å². The average molecular weight is 251 g/mol. The summed E-state index contributed by atoms with van der Waals surface area (Å²) < 4.78 is 5.17. The van der Waals surface area contributed by atoms with Gasteiger partial charge in [0.25, 0.3) is 5.91 Å². The molecular formula is C13H21N3O2. The van der Waals surface area contributed by atoms with E-state index in [2.05, 4.69) is 4.98 Å². The van der Waals surface area contributed by atoms with Gasteiger partial charge in [0, 0.05) is 18.8 Å². The molecule has 1 amide bonds. The van der Waals surface area contributed by atoms with Gasteiger partial charge in [0.1, 0.15) is 5.75 Å². The number of ether oxygens (including phenoxy) is 1. The van der Waals surface area contributed by atoms with E-state index in [1.165, 1.54) is 7.11 Å². The first kappa shape index (κ1) is 14.4. The number of hydrogen-bond acceptors (Lipinski definition) is 4. The van der Waals surface area contributed by atoms with Crippen LogP contribution in [0.25, 0.3) is 0 Å². The molecule has 18 heavy (non-hydrogen) atoms. The number of rotatable bonds is 6. The first-order valence-electron chi connectivity index (χ1n) is 6.10. The zero-order valence-corrected chi connectivity index (χ0v) is 11.2. The quantitative estimate of drug-likeness (QED) is 0.827. The molecule has 0 bridgehead atoms. The number of nitrogens with two attached hydrogens (primary N) is 1. The Morgan fingerprint density at radius 3 is 2.83 bits per heavy atom. The van der Waals surface area contributed by atoms with E-state index in [1.54, 1.807) is 23.4 Å². The third-order valence-corrected chi connectivity index (χ3v) is 2.72. The van der Waals surface area contributed by atoms with Gasteiger partial charge in [0.15, 0.2) is 0 Å². The fourth-order valence-corrected chi connectivity index (χ4v) is 1.73. The molecule has 0 aliphatic carbocycles. The Hall–Kier alpha value is -1.62. The highest BCUT2D eigenvalue weighted by molar-refractivity contribution is 5.96. The topological polar surface area (TPSA) is 68.5 Å². The Morgan fingerprint density at radius 1 is 1.56 bits per heavy atom. The molecule has 0 saturated carbocycles. The number of aromatic nitrogens is 1. The molecule has 0 atom stereocenters. The largest absolute Gasteiger partial charge is 0.494 e. The second-order valence-corrected chi connectivity index (χ2v) is 4.31. The third-order valence-electron chi connectivity index (χ3n) is 2.72. The fraction of sp³-hybridized carbons (Fsp3) is 0.538. The van der Waals surface area contributed by atoms with E-state index in [9.17, 15) is 4.79 Å². The molecule has 5 heteroatoms. The molecule has 0 spiro atoms. The summed E-state index contributed by atoms with van der Waals surface area (Å²) in [4.78, 5) is 18.2. The summed E-state index contributed by atoms with van der Waals surface area (Å²) in [6, 6.07) is 1.81. The number of methoxy groups -OCH3 is 1. The second-order valence-electron chi connectivity index (χ2n) is 4.31. The van der Waals surface area contributed by atoms with Crippen molar-refractivity contribution in [1.29, 1.82) is 0 Å². The standard InChI is InChI=1S/C13H21N3O2/c1-10(2)16(8-4-6-14)13(17)11-5-7-15-9-12(11)18-3/h5,7,9-10H,4,6,8,14H2,1-3H3. The smallest absolute Gasteiger partial charge is 0.257 e. The van der Waals surface area contributed by atoms with Crippen molar-refractivity contribution in [3.05, 3.63) is 24.0 Å². The van der Waals surface area contributed by atoms with Crippen molar-refractivity contribution in [2.24, 2.45) is 5.73 Å². The van der Waals surface area contributed by atoms with Gasteiger partial charge in [-0.15, -0.1) is 0 Å². The summed E-state index contributed by atoms with van der Waals surface area (Å²) >= 11 is 0. The highest BCUT2D eigenvalue weighted by Crippen LogP contribution is 2.19. The van der Waals surface area contributed by atoms with Gasteiger partial charge >= 0.3 is 0 Å². The van der Waals surface area contributed by atoms with Crippen LogP contribution in [0.15, 0.2) is 18.5 Å². The Balaban J connectivity index is 2.94. The molecule has 5 nitrogen and oxygen atoms in total. The lowest BCUT2D eigenvalue weighted by Crippen LogP contribution is -2.38. The van der Waals surface area contributed by atoms with Crippen molar-refractivity contribution >= 4 is 5.91 Å². The molecule has 0 saturated heterocycles. The fourth-order valence-electron chi connectivity index (χ4n) is 1.73. The zero-order valence-electron chi connectivity index (χ0n) is 11.2. The normalized spacial score (nSPS) is 10.5. The Bertz CT molecular complexity index is 394. The molecule has 0 radical (unpaired) electrons. The molecule has 0 aromatic carbocycles. The predicted molar refractivity (Wildman–Crippen MR) is 70.6 cm³/mol. The highest BCUT2D eigenvalue weighted by atomic mass is 16.5. The van der Waals surface area contributed by atoms with Gasteiger partial charge in [0.2, 0.25) is 0 Å². The summed E-state index contributed by atoms with van der Waals surface area (Å²) in [6.45, 7) is 5.20. The van der Waals surface area contributed by atoms with Crippen molar-refractivity contribution in [3.63, 3.8) is 0 Å². The van der Waals surface area contributed by atoms with E-state index in [0.717, 1.165) is 6.42 Å². The maximum atomic E-state index is 12.4. The molecule has 1 rings (SSSR count). The van der Waals surface area contributed by atoms with Crippen LogP contribution in [-0.4, -0.2) is 42.0 Å². The van der Waals surface area contributed by atoms with Crippen LogP contribution in [0.2, 0.25) is 0 Å². The van der Waals surface area contributed by atoms with Crippen LogP contribution in [0, 0.1) is 0 Å². The van der Waals surface area contributed by atoms with Crippen molar-refractivity contribution in [2.75, 3.05) is 20.2 Å². The predicted octanol–water partition coefficient (Wildman–Crippen LogP) is 1.29. The van der Waals surface area contributed by atoms with Gasteiger partial charge in [0.05, 0.1) is 18.9 Å². The van der Waals surface area contributed by atoms with Gasteiger partial charge in [-0.2, -0.15) is 0 Å². The number of carbonyl (C=O) groups excluding carboxylic acids is 1. The number of nitrogens with zero attached hydrogens (tertiary/aromatic N) is 2. The SMILES string of the molecule is COc1cnccc1C(=O)N(CCCN)C(C)C. The summed E-state index contributed by atoms with van der Waals surface area (Å²) in [5.74, 6) is 0.457. The van der Waals surface area contributed by atoms with E-state index >= 15 is 0 Å². The lowest BCUT2D eigenvalue weighted by Gasteiger charge is -2.27. The Morgan fingerprint density at radius 2 is 2.28 bits per heavy atom. The van der Waals surface area contributed by atoms with Crippen molar-refractivity contribution < 1.29 is 9.53 Å². The minimum atomic E-state index is -0.0438. The molecule has 1 heterocycles. The van der Waals surface area contributed by atoms with Crippen LogP contribution < -0.4 is 10.5 Å². The van der Waals surface area contributed by atoms with E-state index in [-0.39, 0.29) is 11.9 Å². The van der Waals surface area contributed by atoms with Crippen molar-refractivity contribution in [1.82, 2.24) is 9.88 Å². The maximum absolute atomic E-state index is 12.4. The molecule has 0 aliphatic heterocycles. The Labute approximate surface area is 108 Å². The van der Waals surface area contributed by atoms with E-state index < -0.39 is 0 Å². The number of carbonyl (C=O) groups is 1. The zero-order chi connectivity index (χ0) is 13.5. The lowest BCUT2D eigenvalue weighted by molar-refractivity contribution is 0.0701. The first-order chi connectivity index (χ1) is 8.61. The molecule has 0 fully saturated rings. The van der Waals surface area contributed by atoms with Crippen LogP contribution >= 0.6 is 0 Å². The molecule has 0 unspecified atom stereocenters. The number of pyridine rings is 1. The molecule has 100 valence electrons. The van der Waals surface area contributed by atoms with E-state index in [4.69, 9.17) is 10.5 Å². The maximum Gasteiger partial charge on any atom is 0.257 e. The van der Waals surface area contributed by atoms with Gasteiger partial charge in [-0.1, -0.05) is 0 Å². The molecule has 1 aromatic heterocycles. The second kappa shape index (κ2) is 6.96. The van der Waals surface area contributed by atoms with Gasteiger partial charge in [-0.05, 0) is 32.9 Å². The van der Waals surface area contributed by atoms with Crippen LogP contribution in [0.4, 0.5) is 0 Å². The molecule has 2 N–H and O–H groups in total. The van der Waals surface area contributed by atoms with Crippen LogP contribution in [0.3, 0.4) is 0 Å². The Kier molecular flexibility index (Phi) is 5.58.